The van der Waals surface area contributed by atoms with Gasteiger partial charge in [-0.2, -0.15) is 0 Å². The number of carbonyl (C=O) groups excluding carboxylic acids is 1. The van der Waals surface area contributed by atoms with E-state index in [2.05, 4.69) is 10.2 Å². The van der Waals surface area contributed by atoms with E-state index in [1.807, 2.05) is 6.07 Å². The lowest BCUT2D eigenvalue weighted by molar-refractivity contribution is -0.118. The third-order valence-electron chi connectivity index (χ3n) is 5.67. The van der Waals surface area contributed by atoms with Gasteiger partial charge in [-0.15, -0.1) is 0 Å². The number of benzene rings is 2. The molecule has 1 saturated carbocycles. The molecule has 0 unspecified atom stereocenters. The number of hydrogen-bond donors (Lipinski definition) is 1. The van der Waals surface area contributed by atoms with Gasteiger partial charge >= 0.3 is 0 Å². The molecular formula is C23H31N3O4S. The fraction of sp³-hybridized carbons (Fsp3) is 0.435. The molecule has 1 amide bonds. The Kier molecular flexibility index (Phi) is 8.06. The van der Waals surface area contributed by atoms with Crippen LogP contribution in [0.5, 0.6) is 0 Å². The molecule has 0 bridgehead atoms. The molecule has 3 rings (SSSR count). The lowest BCUT2D eigenvalue weighted by atomic mass is 10.2. The van der Waals surface area contributed by atoms with Crippen molar-refractivity contribution in [3.05, 3.63) is 54.6 Å². The van der Waals surface area contributed by atoms with Crippen LogP contribution in [0.1, 0.15) is 25.7 Å². The van der Waals surface area contributed by atoms with Crippen LogP contribution in [0.4, 0.5) is 11.4 Å². The van der Waals surface area contributed by atoms with Gasteiger partial charge in [-0.05, 0) is 43.2 Å². The summed E-state index contributed by atoms with van der Waals surface area (Å²) >= 11 is 0. The molecule has 0 spiro atoms. The largest absolute Gasteiger partial charge is 0.383 e. The number of nitrogens with zero attached hydrogens (tertiary/aromatic N) is 2. The number of ether oxygens (including phenoxy) is 1. The zero-order chi connectivity index (χ0) is 22.3. The molecule has 2 aromatic rings. The fourth-order valence-corrected chi connectivity index (χ4v) is 5.16. The minimum atomic E-state index is -3.74. The minimum Gasteiger partial charge on any atom is -0.383 e. The predicted octanol–water partition coefficient (Wildman–Crippen LogP) is 3.34. The van der Waals surface area contributed by atoms with Gasteiger partial charge in [-0.3, -0.25) is 14.0 Å². The Morgan fingerprint density at radius 3 is 2.48 bits per heavy atom. The first kappa shape index (κ1) is 23.2. The first-order chi connectivity index (χ1) is 14.9. The summed E-state index contributed by atoms with van der Waals surface area (Å²) in [5.74, 6) is -0.158. The van der Waals surface area contributed by atoms with Crippen molar-refractivity contribution in [2.24, 2.45) is 0 Å². The highest BCUT2D eigenvalue weighted by Gasteiger charge is 2.25. The Morgan fingerprint density at radius 1 is 1.10 bits per heavy atom. The van der Waals surface area contributed by atoms with Crippen LogP contribution in [0.2, 0.25) is 0 Å². The number of methoxy groups -OCH3 is 1. The van der Waals surface area contributed by atoms with Crippen LogP contribution in [-0.4, -0.2) is 59.1 Å². The number of carbonyl (C=O) groups is 1. The number of rotatable bonds is 10. The van der Waals surface area contributed by atoms with Gasteiger partial charge in [0, 0.05) is 32.4 Å². The maximum absolute atomic E-state index is 13.0. The standard InChI is InChI=1S/C23H31N3O4S/c1-25(20-10-4-3-5-11-20)31(28,29)22-14-8-9-19(17-22)24-23(27)18-26(15-16-30-2)21-12-6-7-13-21/h3-5,8-11,14,17,21H,6-7,12-13,15-16,18H2,1-2H3,(H,24,27). The van der Waals surface area contributed by atoms with Crippen molar-refractivity contribution in [2.75, 3.05) is 43.5 Å². The summed E-state index contributed by atoms with van der Waals surface area (Å²) in [5, 5.41) is 2.86. The van der Waals surface area contributed by atoms with E-state index >= 15 is 0 Å². The number of hydrogen-bond acceptors (Lipinski definition) is 5. The lowest BCUT2D eigenvalue weighted by Crippen LogP contribution is -2.41. The van der Waals surface area contributed by atoms with Crippen LogP contribution < -0.4 is 9.62 Å². The average molecular weight is 446 g/mol. The van der Waals surface area contributed by atoms with E-state index in [1.165, 1.54) is 36.3 Å². The SMILES string of the molecule is COCCN(CC(=O)Nc1cccc(S(=O)(=O)N(C)c2ccccc2)c1)C1CCCC1. The molecular weight excluding hydrogens is 414 g/mol. The summed E-state index contributed by atoms with van der Waals surface area (Å²) < 4.78 is 32.5. The molecule has 0 heterocycles. The highest BCUT2D eigenvalue weighted by molar-refractivity contribution is 7.92. The van der Waals surface area contributed by atoms with Gasteiger partial charge in [0.2, 0.25) is 5.91 Å². The fourth-order valence-electron chi connectivity index (χ4n) is 3.92. The topological polar surface area (TPSA) is 79.0 Å². The van der Waals surface area contributed by atoms with Crippen molar-refractivity contribution in [3.8, 4) is 0 Å². The van der Waals surface area contributed by atoms with E-state index in [1.54, 1.807) is 43.5 Å². The number of para-hydroxylation sites is 1. The quantitative estimate of drug-likeness (QED) is 0.607. The smallest absolute Gasteiger partial charge is 0.264 e. The summed E-state index contributed by atoms with van der Waals surface area (Å²) in [6.45, 7) is 1.53. The Morgan fingerprint density at radius 2 is 1.81 bits per heavy atom. The highest BCUT2D eigenvalue weighted by atomic mass is 32.2. The Balaban J connectivity index is 1.70. The Hall–Kier alpha value is -2.42. The number of amides is 1. The molecule has 168 valence electrons. The highest BCUT2D eigenvalue weighted by Crippen LogP contribution is 2.25. The van der Waals surface area contributed by atoms with Crippen molar-refractivity contribution in [1.29, 1.82) is 0 Å². The van der Waals surface area contributed by atoms with E-state index in [9.17, 15) is 13.2 Å². The summed E-state index contributed by atoms with van der Waals surface area (Å²) in [6.07, 6.45) is 4.56. The summed E-state index contributed by atoms with van der Waals surface area (Å²) in [5.41, 5.74) is 1.04. The van der Waals surface area contributed by atoms with Crippen LogP contribution in [0.3, 0.4) is 0 Å². The average Bonchev–Trinajstić information content (AvgIpc) is 3.31. The molecule has 31 heavy (non-hydrogen) atoms. The second-order valence-corrected chi connectivity index (χ2v) is 9.75. The molecule has 0 atom stereocenters. The number of nitrogens with one attached hydrogen (secondary N) is 1. The molecule has 1 aliphatic rings. The molecule has 0 aliphatic heterocycles. The molecule has 1 N–H and O–H groups in total. The molecule has 8 heteroatoms. The van der Waals surface area contributed by atoms with E-state index < -0.39 is 10.0 Å². The number of anilines is 2. The Labute approximate surface area is 185 Å². The molecule has 0 aromatic heterocycles. The molecule has 0 radical (unpaired) electrons. The maximum Gasteiger partial charge on any atom is 0.264 e. The van der Waals surface area contributed by atoms with Gasteiger partial charge in [0.05, 0.1) is 23.7 Å². The predicted molar refractivity (Wildman–Crippen MR) is 123 cm³/mol. The second-order valence-electron chi connectivity index (χ2n) is 7.79. The van der Waals surface area contributed by atoms with Gasteiger partial charge < -0.3 is 10.1 Å². The van der Waals surface area contributed by atoms with Crippen molar-refractivity contribution in [3.63, 3.8) is 0 Å². The zero-order valence-electron chi connectivity index (χ0n) is 18.2. The Bertz CT molecular complexity index is 960. The minimum absolute atomic E-state index is 0.128. The van der Waals surface area contributed by atoms with Crippen LogP contribution in [0.15, 0.2) is 59.5 Å². The summed E-state index contributed by atoms with van der Waals surface area (Å²) in [7, 11) is -0.566. The van der Waals surface area contributed by atoms with E-state index in [0.717, 1.165) is 12.8 Å². The molecule has 7 nitrogen and oxygen atoms in total. The van der Waals surface area contributed by atoms with Crippen LogP contribution in [-0.2, 0) is 19.6 Å². The monoisotopic (exact) mass is 445 g/mol. The van der Waals surface area contributed by atoms with Gasteiger partial charge in [-0.1, -0.05) is 37.1 Å². The van der Waals surface area contributed by atoms with E-state index in [4.69, 9.17) is 4.74 Å². The third kappa shape index (κ3) is 6.06. The van der Waals surface area contributed by atoms with Gasteiger partial charge in [0.25, 0.3) is 10.0 Å². The summed E-state index contributed by atoms with van der Waals surface area (Å²) in [6, 6.07) is 15.7. The van der Waals surface area contributed by atoms with Crippen molar-refractivity contribution < 1.29 is 17.9 Å². The normalized spacial score (nSPS) is 14.7. The number of sulfonamides is 1. The van der Waals surface area contributed by atoms with E-state index in [0.29, 0.717) is 30.6 Å². The maximum atomic E-state index is 13.0. The molecule has 1 fully saturated rings. The van der Waals surface area contributed by atoms with Crippen LogP contribution in [0.25, 0.3) is 0 Å². The van der Waals surface area contributed by atoms with Gasteiger partial charge in [-0.25, -0.2) is 8.42 Å². The van der Waals surface area contributed by atoms with Crippen LogP contribution in [0, 0.1) is 0 Å². The third-order valence-corrected chi connectivity index (χ3v) is 7.45. The van der Waals surface area contributed by atoms with Crippen LogP contribution >= 0.6 is 0 Å². The van der Waals surface area contributed by atoms with E-state index in [-0.39, 0.29) is 17.3 Å². The zero-order valence-corrected chi connectivity index (χ0v) is 19.0. The summed E-state index contributed by atoms with van der Waals surface area (Å²) in [4.78, 5) is 15.0. The lowest BCUT2D eigenvalue weighted by Gasteiger charge is -2.27. The second kappa shape index (κ2) is 10.7. The molecule has 0 saturated heterocycles. The first-order valence-corrected chi connectivity index (χ1v) is 12.0. The first-order valence-electron chi connectivity index (χ1n) is 10.6. The van der Waals surface area contributed by atoms with Gasteiger partial charge in [0.15, 0.2) is 0 Å². The van der Waals surface area contributed by atoms with Crippen molar-refractivity contribution in [2.45, 2.75) is 36.6 Å². The van der Waals surface area contributed by atoms with Gasteiger partial charge in [0.1, 0.15) is 0 Å². The molecule has 2 aromatic carbocycles. The molecule has 1 aliphatic carbocycles. The van der Waals surface area contributed by atoms with Crippen molar-refractivity contribution >= 4 is 27.3 Å². The van der Waals surface area contributed by atoms with Crippen molar-refractivity contribution in [1.82, 2.24) is 4.90 Å².